The van der Waals surface area contributed by atoms with E-state index in [4.69, 9.17) is 15.6 Å². The van der Waals surface area contributed by atoms with E-state index in [1.165, 1.54) is 11.3 Å². The molecule has 1 atom stereocenters. The van der Waals surface area contributed by atoms with Crippen molar-refractivity contribution in [2.24, 2.45) is 5.73 Å². The summed E-state index contributed by atoms with van der Waals surface area (Å²) in [5.74, 6) is -0.983. The summed E-state index contributed by atoms with van der Waals surface area (Å²) in [7, 11) is 0. The van der Waals surface area contributed by atoms with Gasteiger partial charge in [0.2, 0.25) is 0 Å². The number of carboxylic acid groups (broad SMARTS) is 1. The molecular formula is C9H10BrNO3S. The van der Waals surface area contributed by atoms with Crippen molar-refractivity contribution in [3.63, 3.8) is 0 Å². The smallest absolute Gasteiger partial charge is 0.321 e. The van der Waals surface area contributed by atoms with E-state index in [2.05, 4.69) is 15.9 Å². The van der Waals surface area contributed by atoms with E-state index >= 15 is 0 Å². The maximum absolute atomic E-state index is 10.9. The molecule has 0 spiro atoms. The number of thiophene rings is 1. The predicted octanol–water partition coefficient (Wildman–Crippen LogP) is 1.19. The first kappa shape index (κ1) is 11.1. The fourth-order valence-electron chi connectivity index (χ4n) is 1.61. The van der Waals surface area contributed by atoms with Crippen LogP contribution in [0.5, 0.6) is 0 Å². The molecule has 2 heterocycles. The van der Waals surface area contributed by atoms with Crippen LogP contribution in [-0.4, -0.2) is 30.3 Å². The largest absolute Gasteiger partial charge is 0.480 e. The lowest BCUT2D eigenvalue weighted by Gasteiger charge is -2.43. The minimum atomic E-state index is -0.983. The minimum Gasteiger partial charge on any atom is -0.480 e. The molecule has 15 heavy (non-hydrogen) atoms. The molecule has 82 valence electrons. The van der Waals surface area contributed by atoms with E-state index < -0.39 is 17.4 Å². The molecule has 1 fully saturated rings. The molecule has 0 amide bonds. The summed E-state index contributed by atoms with van der Waals surface area (Å²) in [5.41, 5.74) is 5.17. The lowest BCUT2D eigenvalue weighted by molar-refractivity contribution is -0.148. The molecule has 4 nitrogen and oxygen atoms in total. The molecule has 1 aliphatic rings. The minimum absolute atomic E-state index is 0.382. The second-order valence-corrected chi connectivity index (χ2v) is 5.42. The maximum atomic E-state index is 10.9. The standard InChI is InChI=1S/C9H10BrNO3S/c10-5-1-6(15-2-5)9(3-14-4-9)7(11)8(12)13/h1-2,7H,3-4,11H2,(H,12,13). The second-order valence-electron chi connectivity index (χ2n) is 3.59. The molecule has 0 bridgehead atoms. The summed E-state index contributed by atoms with van der Waals surface area (Å²) in [6.45, 7) is 0.765. The quantitative estimate of drug-likeness (QED) is 0.877. The van der Waals surface area contributed by atoms with Gasteiger partial charge < -0.3 is 15.6 Å². The molecule has 0 radical (unpaired) electrons. The third-order valence-electron chi connectivity index (χ3n) is 2.64. The van der Waals surface area contributed by atoms with Crippen molar-refractivity contribution in [1.29, 1.82) is 0 Å². The van der Waals surface area contributed by atoms with E-state index in [1.807, 2.05) is 11.4 Å². The molecule has 3 N–H and O–H groups in total. The summed E-state index contributed by atoms with van der Waals surface area (Å²) in [6, 6.07) is 1.01. The molecular weight excluding hydrogens is 282 g/mol. The van der Waals surface area contributed by atoms with E-state index in [0.717, 1.165) is 9.35 Å². The van der Waals surface area contributed by atoms with Gasteiger partial charge in [-0.2, -0.15) is 0 Å². The van der Waals surface area contributed by atoms with Crippen molar-refractivity contribution < 1.29 is 14.6 Å². The van der Waals surface area contributed by atoms with Crippen molar-refractivity contribution in [2.45, 2.75) is 11.5 Å². The zero-order valence-corrected chi connectivity index (χ0v) is 10.2. The van der Waals surface area contributed by atoms with E-state index in [0.29, 0.717) is 13.2 Å². The van der Waals surface area contributed by atoms with Crippen LogP contribution < -0.4 is 5.73 Å². The third kappa shape index (κ3) is 1.71. The first-order valence-corrected chi connectivity index (χ1v) is 6.04. The summed E-state index contributed by atoms with van der Waals surface area (Å²) < 4.78 is 6.07. The highest BCUT2D eigenvalue weighted by molar-refractivity contribution is 9.10. The normalized spacial score (nSPS) is 20.7. The summed E-state index contributed by atoms with van der Waals surface area (Å²) >= 11 is 4.85. The molecule has 1 aliphatic heterocycles. The number of carbonyl (C=O) groups is 1. The van der Waals surface area contributed by atoms with Crippen LogP contribution in [0.3, 0.4) is 0 Å². The fourth-order valence-corrected chi connectivity index (χ4v) is 3.25. The van der Waals surface area contributed by atoms with Crippen molar-refractivity contribution in [3.8, 4) is 0 Å². The maximum Gasteiger partial charge on any atom is 0.321 e. The van der Waals surface area contributed by atoms with Crippen LogP contribution in [0, 0.1) is 0 Å². The van der Waals surface area contributed by atoms with Gasteiger partial charge in [0.25, 0.3) is 0 Å². The van der Waals surface area contributed by atoms with Crippen LogP contribution in [0.25, 0.3) is 0 Å². The number of nitrogens with two attached hydrogens (primary N) is 1. The molecule has 1 aromatic heterocycles. The number of aliphatic carboxylic acids is 1. The van der Waals surface area contributed by atoms with Crippen LogP contribution >= 0.6 is 27.3 Å². The molecule has 1 aromatic rings. The van der Waals surface area contributed by atoms with Crippen molar-refractivity contribution in [1.82, 2.24) is 0 Å². The van der Waals surface area contributed by atoms with Crippen molar-refractivity contribution >= 4 is 33.2 Å². The van der Waals surface area contributed by atoms with Gasteiger partial charge in [0.1, 0.15) is 6.04 Å². The average molecular weight is 292 g/mol. The zero-order valence-electron chi connectivity index (χ0n) is 7.77. The van der Waals surface area contributed by atoms with Gasteiger partial charge in [-0.3, -0.25) is 4.79 Å². The topological polar surface area (TPSA) is 72.6 Å². The Kier molecular flexibility index (Phi) is 2.85. The van der Waals surface area contributed by atoms with Crippen molar-refractivity contribution in [2.75, 3.05) is 13.2 Å². The number of halogens is 1. The van der Waals surface area contributed by atoms with Crippen LogP contribution in [0.2, 0.25) is 0 Å². The highest BCUT2D eigenvalue weighted by atomic mass is 79.9. The lowest BCUT2D eigenvalue weighted by atomic mass is 9.77. The second kappa shape index (κ2) is 3.86. The van der Waals surface area contributed by atoms with E-state index in [1.54, 1.807) is 0 Å². The number of hydrogen-bond donors (Lipinski definition) is 2. The Hall–Kier alpha value is -0.430. The SMILES string of the molecule is NC(C(=O)O)C1(c2cc(Br)cs2)COC1. The Morgan fingerprint density at radius 2 is 2.40 bits per heavy atom. The van der Waals surface area contributed by atoms with Crippen LogP contribution in [-0.2, 0) is 14.9 Å². The van der Waals surface area contributed by atoms with Gasteiger partial charge in [-0.1, -0.05) is 0 Å². The van der Waals surface area contributed by atoms with Gasteiger partial charge in [-0.25, -0.2) is 0 Å². The predicted molar refractivity (Wildman–Crippen MR) is 60.1 cm³/mol. The third-order valence-corrected chi connectivity index (χ3v) is 4.55. The average Bonchev–Trinajstić information content (AvgIpc) is 2.50. The number of carboxylic acids is 1. The monoisotopic (exact) mass is 291 g/mol. The highest BCUT2D eigenvalue weighted by Gasteiger charge is 2.49. The number of rotatable bonds is 3. The molecule has 0 saturated carbocycles. The molecule has 2 rings (SSSR count). The number of hydrogen-bond acceptors (Lipinski definition) is 4. The Morgan fingerprint density at radius 3 is 2.73 bits per heavy atom. The van der Waals surface area contributed by atoms with Crippen LogP contribution in [0.1, 0.15) is 4.88 Å². The van der Waals surface area contributed by atoms with Gasteiger partial charge in [-0.05, 0) is 22.0 Å². The molecule has 6 heteroatoms. The molecule has 0 aromatic carbocycles. The first-order chi connectivity index (χ1) is 7.06. The summed E-state index contributed by atoms with van der Waals surface area (Å²) in [6.07, 6.45) is 0. The van der Waals surface area contributed by atoms with E-state index in [-0.39, 0.29) is 0 Å². The lowest BCUT2D eigenvalue weighted by Crippen LogP contribution is -2.61. The molecule has 0 aliphatic carbocycles. The molecule has 1 unspecified atom stereocenters. The Bertz CT molecular complexity index is 388. The summed E-state index contributed by atoms with van der Waals surface area (Å²) in [4.78, 5) is 11.9. The van der Waals surface area contributed by atoms with Gasteiger partial charge in [0, 0.05) is 14.7 Å². The molecule has 1 saturated heterocycles. The van der Waals surface area contributed by atoms with Crippen LogP contribution in [0.4, 0.5) is 0 Å². The highest BCUT2D eigenvalue weighted by Crippen LogP contribution is 2.39. The first-order valence-electron chi connectivity index (χ1n) is 4.37. The van der Waals surface area contributed by atoms with Gasteiger partial charge in [0.05, 0.1) is 18.6 Å². The summed E-state index contributed by atoms with van der Waals surface area (Å²) in [5, 5.41) is 10.9. The fraction of sp³-hybridized carbons (Fsp3) is 0.444. The van der Waals surface area contributed by atoms with Crippen molar-refractivity contribution in [3.05, 3.63) is 20.8 Å². The number of ether oxygens (including phenoxy) is 1. The Morgan fingerprint density at radius 1 is 1.73 bits per heavy atom. The van der Waals surface area contributed by atoms with Gasteiger partial charge >= 0.3 is 5.97 Å². The van der Waals surface area contributed by atoms with E-state index in [9.17, 15) is 4.79 Å². The Labute approximate surface area is 99.2 Å². The zero-order chi connectivity index (χ0) is 11.1. The van der Waals surface area contributed by atoms with Gasteiger partial charge in [-0.15, -0.1) is 11.3 Å². The van der Waals surface area contributed by atoms with Crippen LogP contribution in [0.15, 0.2) is 15.9 Å². The Balaban J connectivity index is 2.33. The van der Waals surface area contributed by atoms with Gasteiger partial charge in [0.15, 0.2) is 0 Å².